The number of carbonyl (C=O) groups is 1. The van der Waals surface area contributed by atoms with E-state index in [-0.39, 0.29) is 17.7 Å². The third-order valence-electron chi connectivity index (χ3n) is 11.3. The highest BCUT2D eigenvalue weighted by atomic mass is 16.3. The second-order valence-corrected chi connectivity index (χ2v) is 14.1. The van der Waals surface area contributed by atoms with Crippen LogP contribution in [0, 0.1) is 11.8 Å². The number of rotatable bonds is 8. The lowest BCUT2D eigenvalue weighted by atomic mass is 9.46. The number of phenolic OH excluding ortho intramolecular Hbond substituents is 1. The van der Waals surface area contributed by atoms with Crippen LogP contribution in [0.3, 0.4) is 0 Å². The van der Waals surface area contributed by atoms with Gasteiger partial charge in [-0.25, -0.2) is 4.90 Å². The number of amides is 1. The minimum Gasteiger partial charge on any atom is -0.508 e. The van der Waals surface area contributed by atoms with Gasteiger partial charge in [-0.05, 0) is 133 Å². The maximum Gasteiger partial charge on any atom is 0.246 e. The maximum absolute atomic E-state index is 14.4. The zero-order valence-corrected chi connectivity index (χ0v) is 23.7. The first-order valence-electron chi connectivity index (χ1n) is 15.4. The molecule has 1 spiro atoms. The molecule has 0 aromatic heterocycles. The molecule has 214 valence electrons. The molecule has 5 unspecified atom stereocenters. The summed E-state index contributed by atoms with van der Waals surface area (Å²) < 4.78 is 0. The molecule has 3 saturated carbocycles. The Morgan fingerprint density at radius 3 is 2.51 bits per heavy atom. The Hall–Kier alpha value is -1.71. The van der Waals surface area contributed by atoms with Gasteiger partial charge in [0.25, 0.3) is 0 Å². The lowest BCUT2D eigenvalue weighted by molar-refractivity contribution is -0.195. The molecule has 2 bridgehead atoms. The minimum atomic E-state index is -0.976. The number of piperidine rings is 1. The summed E-state index contributed by atoms with van der Waals surface area (Å²) in [6, 6.07) is 5.67. The molecule has 0 radical (unpaired) electrons. The zero-order valence-electron chi connectivity index (χ0n) is 23.7. The largest absolute Gasteiger partial charge is 0.508 e. The molecule has 5 fully saturated rings. The van der Waals surface area contributed by atoms with Crippen LogP contribution in [-0.2, 0) is 16.6 Å². The number of nitrogens with zero attached hydrogens (tertiary/aromatic N) is 4. The highest BCUT2D eigenvalue weighted by Crippen LogP contribution is 2.63. The van der Waals surface area contributed by atoms with Crippen LogP contribution >= 0.6 is 0 Å². The zero-order chi connectivity index (χ0) is 27.2. The Morgan fingerprint density at radius 2 is 1.79 bits per heavy atom. The van der Waals surface area contributed by atoms with Crippen molar-refractivity contribution in [3.8, 4) is 5.75 Å². The van der Waals surface area contributed by atoms with E-state index in [9.17, 15) is 20.1 Å². The molecule has 1 aromatic rings. The summed E-state index contributed by atoms with van der Waals surface area (Å²) in [6.45, 7) is 4.21. The summed E-state index contributed by atoms with van der Waals surface area (Å²) in [5, 5.41) is 35.1. The molecule has 1 amide bonds. The molecule has 39 heavy (non-hydrogen) atoms. The summed E-state index contributed by atoms with van der Waals surface area (Å²) in [7, 11) is 4.21. The molecule has 2 saturated heterocycles. The van der Waals surface area contributed by atoms with E-state index in [0.29, 0.717) is 37.6 Å². The van der Waals surface area contributed by atoms with Crippen LogP contribution in [0.15, 0.2) is 18.2 Å². The molecule has 3 N–H and O–H groups in total. The van der Waals surface area contributed by atoms with E-state index in [2.05, 4.69) is 28.8 Å². The fraction of sp³-hybridized carbons (Fsp3) is 0.774. The number of aliphatic hydroxyl groups excluding tert-OH is 1. The van der Waals surface area contributed by atoms with Crippen molar-refractivity contribution in [2.24, 2.45) is 11.8 Å². The van der Waals surface area contributed by atoms with E-state index in [1.807, 2.05) is 12.1 Å². The molecule has 8 nitrogen and oxygen atoms in total. The van der Waals surface area contributed by atoms with Gasteiger partial charge in [-0.1, -0.05) is 6.07 Å². The molecule has 8 heteroatoms. The number of phenols is 1. The van der Waals surface area contributed by atoms with Crippen molar-refractivity contribution in [3.63, 3.8) is 0 Å². The molecular weight excluding hydrogens is 492 g/mol. The first kappa shape index (κ1) is 26.2. The normalized spacial score (nSPS) is 38.5. The molecule has 1 aromatic carbocycles. The van der Waals surface area contributed by atoms with E-state index in [0.717, 1.165) is 76.7 Å². The SMILES string of the molecule is CN(C)CCCN1CCC23CC4(CCC2(O)C1Cc1ccc(O)cc13)C(=O)N(CC1CC1)C(O)N4CC1CC1. The van der Waals surface area contributed by atoms with Gasteiger partial charge in [0.15, 0.2) is 6.35 Å². The maximum atomic E-state index is 14.4. The quantitative estimate of drug-likeness (QED) is 0.467. The van der Waals surface area contributed by atoms with E-state index in [1.165, 1.54) is 5.56 Å². The number of benzene rings is 1. The molecular formula is C31H46N4O4. The van der Waals surface area contributed by atoms with Gasteiger partial charge in [-0.15, -0.1) is 0 Å². The smallest absolute Gasteiger partial charge is 0.246 e. The number of fused-ring (bicyclic) bond motifs is 1. The predicted octanol–water partition coefficient (Wildman–Crippen LogP) is 2.11. The first-order chi connectivity index (χ1) is 18.7. The second kappa shape index (κ2) is 9.15. The third-order valence-corrected chi connectivity index (χ3v) is 11.3. The Bertz CT molecular complexity index is 1140. The van der Waals surface area contributed by atoms with Gasteiger partial charge in [-0.2, -0.15) is 0 Å². The van der Waals surface area contributed by atoms with Gasteiger partial charge in [0, 0.05) is 24.5 Å². The van der Waals surface area contributed by atoms with Crippen LogP contribution in [0.25, 0.3) is 0 Å². The monoisotopic (exact) mass is 538 g/mol. The van der Waals surface area contributed by atoms with Crippen molar-refractivity contribution >= 4 is 5.91 Å². The van der Waals surface area contributed by atoms with Crippen molar-refractivity contribution in [2.75, 3.05) is 46.8 Å². The van der Waals surface area contributed by atoms with E-state index >= 15 is 0 Å². The van der Waals surface area contributed by atoms with Crippen LogP contribution in [0.5, 0.6) is 5.75 Å². The molecule has 7 rings (SSSR count). The van der Waals surface area contributed by atoms with Crippen molar-refractivity contribution in [2.45, 2.75) is 93.2 Å². The van der Waals surface area contributed by atoms with Crippen LogP contribution in [0.2, 0.25) is 0 Å². The fourth-order valence-corrected chi connectivity index (χ4v) is 8.89. The molecule has 2 heterocycles. The number of hydrogen-bond acceptors (Lipinski definition) is 7. The van der Waals surface area contributed by atoms with Gasteiger partial charge < -0.3 is 25.1 Å². The van der Waals surface area contributed by atoms with E-state index in [1.54, 1.807) is 11.0 Å². The lowest BCUT2D eigenvalue weighted by Crippen LogP contribution is -2.76. The van der Waals surface area contributed by atoms with Gasteiger partial charge in [0.2, 0.25) is 5.91 Å². The predicted molar refractivity (Wildman–Crippen MR) is 148 cm³/mol. The number of carbonyl (C=O) groups excluding carboxylic acids is 1. The standard InChI is InChI=1S/C31H46N4O4/c1-32(2)13-3-14-33-15-12-29-20-30(10-11-31(29,39)26(33)16-23-8-9-24(36)17-25(23)29)27(37)34(18-21-4-5-21)28(38)35(30)19-22-6-7-22/h8-9,17,21-22,26,28,36,38-39H,3-7,10-16,18-20H2,1-2H3. The van der Waals surface area contributed by atoms with Crippen molar-refractivity contribution < 1.29 is 20.1 Å². The molecule has 6 aliphatic rings. The fourth-order valence-electron chi connectivity index (χ4n) is 8.89. The van der Waals surface area contributed by atoms with E-state index in [4.69, 9.17) is 0 Å². The average molecular weight is 539 g/mol. The second-order valence-electron chi connectivity index (χ2n) is 14.1. The molecule has 2 aliphatic heterocycles. The number of likely N-dealkylation sites (tertiary alicyclic amines) is 1. The Morgan fingerprint density at radius 1 is 1.05 bits per heavy atom. The lowest BCUT2D eigenvalue weighted by Gasteiger charge is -2.66. The number of hydrogen-bond donors (Lipinski definition) is 3. The van der Waals surface area contributed by atoms with Gasteiger partial charge in [-0.3, -0.25) is 9.69 Å². The van der Waals surface area contributed by atoms with Gasteiger partial charge >= 0.3 is 0 Å². The van der Waals surface area contributed by atoms with E-state index < -0.39 is 22.9 Å². The van der Waals surface area contributed by atoms with Crippen LogP contribution in [-0.4, -0.2) is 111 Å². The Balaban J connectivity index is 1.29. The Labute approximate surface area is 232 Å². The van der Waals surface area contributed by atoms with Crippen molar-refractivity contribution in [1.82, 2.24) is 19.6 Å². The summed E-state index contributed by atoms with van der Waals surface area (Å²) in [6.07, 6.45) is 7.89. The summed E-state index contributed by atoms with van der Waals surface area (Å²) in [5.74, 6) is 1.33. The van der Waals surface area contributed by atoms with Gasteiger partial charge in [0.1, 0.15) is 11.3 Å². The van der Waals surface area contributed by atoms with Gasteiger partial charge in [0.05, 0.1) is 5.60 Å². The highest BCUT2D eigenvalue weighted by Gasteiger charge is 2.72. The molecule has 5 atom stereocenters. The van der Waals surface area contributed by atoms with Crippen LogP contribution < -0.4 is 0 Å². The minimum absolute atomic E-state index is 0.0105. The third kappa shape index (κ3) is 4.00. The summed E-state index contributed by atoms with van der Waals surface area (Å²) in [4.78, 5) is 23.1. The first-order valence-corrected chi connectivity index (χ1v) is 15.4. The molecule has 4 aliphatic carbocycles. The number of aromatic hydroxyl groups is 1. The van der Waals surface area contributed by atoms with Crippen LogP contribution in [0.1, 0.15) is 68.9 Å². The highest BCUT2D eigenvalue weighted by molar-refractivity contribution is 5.89. The van der Waals surface area contributed by atoms with Crippen molar-refractivity contribution in [1.29, 1.82) is 0 Å². The topological polar surface area (TPSA) is 90.7 Å². The number of aliphatic hydroxyl groups is 2. The Kier molecular flexibility index (Phi) is 6.15. The average Bonchev–Trinajstić information content (AvgIpc) is 3.82. The van der Waals surface area contributed by atoms with Crippen molar-refractivity contribution in [3.05, 3.63) is 29.3 Å². The van der Waals surface area contributed by atoms with Crippen LogP contribution in [0.4, 0.5) is 0 Å². The summed E-state index contributed by atoms with van der Waals surface area (Å²) >= 11 is 0. The summed E-state index contributed by atoms with van der Waals surface area (Å²) in [5.41, 5.74) is -0.196.